The van der Waals surface area contributed by atoms with Crippen LogP contribution in [0.25, 0.3) is 16.7 Å². The summed E-state index contributed by atoms with van der Waals surface area (Å²) in [5.41, 5.74) is 4.07. The minimum absolute atomic E-state index is 0.0389. The smallest absolute Gasteiger partial charge is 0.195 e. The predicted octanol–water partition coefficient (Wildman–Crippen LogP) is 4.90. The van der Waals surface area contributed by atoms with Crippen LogP contribution in [0.2, 0.25) is 0 Å². The lowest BCUT2D eigenvalue weighted by Gasteiger charge is -2.31. The predicted molar refractivity (Wildman–Crippen MR) is 98.4 cm³/mol. The van der Waals surface area contributed by atoms with Crippen molar-refractivity contribution in [1.82, 2.24) is 0 Å². The molecule has 0 radical (unpaired) electrons. The van der Waals surface area contributed by atoms with Crippen LogP contribution < -0.4 is 0 Å². The topological polar surface area (TPSA) is 46.5 Å². The fourth-order valence-electron chi connectivity index (χ4n) is 4.15. The van der Waals surface area contributed by atoms with E-state index in [0.717, 1.165) is 27.8 Å². The lowest BCUT2D eigenvalue weighted by molar-refractivity contribution is -0.130. The molecular formula is C22H21FO3. The largest absolute Gasteiger partial charge is 0.508 e. The number of ketones is 1. The summed E-state index contributed by atoms with van der Waals surface area (Å²) in [6, 6.07) is 10.3. The highest BCUT2D eigenvalue weighted by molar-refractivity contribution is 6.25. The molecule has 2 bridgehead atoms. The summed E-state index contributed by atoms with van der Waals surface area (Å²) >= 11 is 0. The van der Waals surface area contributed by atoms with Gasteiger partial charge in [-0.25, -0.2) is 4.39 Å². The van der Waals surface area contributed by atoms with Crippen LogP contribution in [0.1, 0.15) is 36.5 Å². The highest BCUT2D eigenvalue weighted by Gasteiger charge is 2.50. The van der Waals surface area contributed by atoms with Crippen LogP contribution in [0.4, 0.5) is 4.39 Å². The van der Waals surface area contributed by atoms with Gasteiger partial charge in [0, 0.05) is 0 Å². The normalized spacial score (nSPS) is 25.1. The van der Waals surface area contributed by atoms with Crippen molar-refractivity contribution < 1.29 is 19.0 Å². The molecule has 0 aromatic heterocycles. The molecule has 2 atom stereocenters. The zero-order chi connectivity index (χ0) is 18.6. The van der Waals surface area contributed by atoms with Crippen molar-refractivity contribution >= 4 is 11.4 Å². The van der Waals surface area contributed by atoms with E-state index in [2.05, 4.69) is 0 Å². The van der Waals surface area contributed by atoms with Crippen LogP contribution >= 0.6 is 0 Å². The zero-order valence-corrected chi connectivity index (χ0v) is 15.1. The summed E-state index contributed by atoms with van der Waals surface area (Å²) in [6.45, 7) is 5.71. The Kier molecular flexibility index (Phi) is 3.77. The van der Waals surface area contributed by atoms with E-state index in [1.807, 2.05) is 32.9 Å². The van der Waals surface area contributed by atoms with Crippen LogP contribution in [0.3, 0.4) is 0 Å². The molecule has 1 N–H and O–H groups in total. The van der Waals surface area contributed by atoms with Gasteiger partial charge >= 0.3 is 0 Å². The molecule has 1 saturated heterocycles. The highest BCUT2D eigenvalue weighted by atomic mass is 19.1. The van der Waals surface area contributed by atoms with Gasteiger partial charge in [0.15, 0.2) is 5.78 Å². The van der Waals surface area contributed by atoms with Gasteiger partial charge in [-0.1, -0.05) is 24.3 Å². The molecule has 0 saturated carbocycles. The van der Waals surface area contributed by atoms with Gasteiger partial charge in [-0.3, -0.25) is 4.79 Å². The van der Waals surface area contributed by atoms with E-state index in [-0.39, 0.29) is 17.4 Å². The number of rotatable bonds is 2. The van der Waals surface area contributed by atoms with Crippen molar-refractivity contribution in [3.05, 3.63) is 64.7 Å². The van der Waals surface area contributed by atoms with Crippen molar-refractivity contribution in [2.75, 3.05) is 0 Å². The Morgan fingerprint density at radius 1 is 1.12 bits per heavy atom. The summed E-state index contributed by atoms with van der Waals surface area (Å²) in [6.07, 6.45) is 0.806. The van der Waals surface area contributed by atoms with Gasteiger partial charge in [0.25, 0.3) is 0 Å². The fraction of sp³-hybridized carbons (Fsp3) is 0.318. The second-order valence-corrected chi connectivity index (χ2v) is 7.46. The lowest BCUT2D eigenvalue weighted by Crippen LogP contribution is -2.38. The molecule has 0 amide bonds. The van der Waals surface area contributed by atoms with E-state index < -0.39 is 11.7 Å². The van der Waals surface area contributed by atoms with Crippen LogP contribution in [-0.2, 0) is 9.53 Å². The number of Topliss-reactive ketones (excluding diaryl/α,β-unsaturated/α-hetero) is 1. The Morgan fingerprint density at radius 2 is 1.73 bits per heavy atom. The third kappa shape index (κ3) is 2.48. The molecule has 3 nitrogen and oxygen atoms in total. The highest BCUT2D eigenvalue weighted by Crippen LogP contribution is 2.46. The molecule has 4 heteroatoms. The number of hydrogen-bond donors (Lipinski definition) is 1. The average Bonchev–Trinajstić information content (AvgIpc) is 2.97. The molecule has 2 aromatic rings. The SMILES string of the molecule is Cc1cc(-c2ccc(F)cc2)cc(C)c1C1=C(O)[C@@]2(C)CC[C@@H](O2)C1=O. The van der Waals surface area contributed by atoms with Gasteiger partial charge in [-0.2, -0.15) is 0 Å². The quantitative estimate of drug-likeness (QED) is 0.836. The molecule has 26 heavy (non-hydrogen) atoms. The van der Waals surface area contributed by atoms with Crippen LogP contribution in [0, 0.1) is 19.7 Å². The van der Waals surface area contributed by atoms with Gasteiger partial charge < -0.3 is 9.84 Å². The molecule has 2 aliphatic heterocycles. The number of ether oxygens (including phenoxy) is 1. The first-order valence-corrected chi connectivity index (χ1v) is 8.83. The number of aliphatic hydroxyl groups excluding tert-OH is 1. The number of benzene rings is 2. The first-order valence-electron chi connectivity index (χ1n) is 8.83. The molecule has 0 unspecified atom stereocenters. The lowest BCUT2D eigenvalue weighted by atomic mass is 9.85. The third-order valence-electron chi connectivity index (χ3n) is 5.52. The number of aliphatic hydroxyl groups is 1. The molecule has 2 aromatic carbocycles. The standard InChI is InChI=1S/C22H21FO3/c1-12-10-15(14-4-6-16(23)7-5-14)11-13(2)18(12)19-20(24)17-8-9-22(3,26-17)21(19)25/h4-7,10-11,17,25H,8-9H2,1-3H3/t17-,22-/m1/s1. The molecule has 0 spiro atoms. The zero-order valence-electron chi connectivity index (χ0n) is 15.1. The maximum Gasteiger partial charge on any atom is 0.195 e. The van der Waals surface area contributed by atoms with E-state index >= 15 is 0 Å². The fourth-order valence-corrected chi connectivity index (χ4v) is 4.15. The molecule has 0 aliphatic carbocycles. The third-order valence-corrected chi connectivity index (χ3v) is 5.52. The molecule has 1 fully saturated rings. The van der Waals surface area contributed by atoms with Crippen molar-refractivity contribution in [3.8, 4) is 11.1 Å². The molecule has 2 aliphatic rings. The summed E-state index contributed by atoms with van der Waals surface area (Å²) in [4.78, 5) is 12.8. The second-order valence-electron chi connectivity index (χ2n) is 7.46. The minimum atomic E-state index is -0.775. The van der Waals surface area contributed by atoms with E-state index in [4.69, 9.17) is 4.74 Å². The summed E-state index contributed by atoms with van der Waals surface area (Å²) in [7, 11) is 0. The first kappa shape index (κ1) is 17.0. The average molecular weight is 352 g/mol. The Balaban J connectivity index is 1.86. The Hall–Kier alpha value is -2.46. The van der Waals surface area contributed by atoms with Crippen molar-refractivity contribution in [2.24, 2.45) is 0 Å². The summed E-state index contributed by atoms with van der Waals surface area (Å²) in [5, 5.41) is 10.8. The van der Waals surface area contributed by atoms with Crippen LogP contribution in [0.5, 0.6) is 0 Å². The Labute approximate surface area is 152 Å². The molecular weight excluding hydrogens is 331 g/mol. The van der Waals surface area contributed by atoms with Crippen LogP contribution in [0.15, 0.2) is 42.2 Å². The van der Waals surface area contributed by atoms with Crippen molar-refractivity contribution in [2.45, 2.75) is 45.3 Å². The number of hydrogen-bond acceptors (Lipinski definition) is 3. The van der Waals surface area contributed by atoms with E-state index in [1.54, 1.807) is 12.1 Å². The maximum absolute atomic E-state index is 13.2. The monoisotopic (exact) mass is 352 g/mol. The summed E-state index contributed by atoms with van der Waals surface area (Å²) in [5.74, 6) is -0.374. The number of fused-ring (bicyclic) bond motifs is 2. The van der Waals surface area contributed by atoms with Crippen LogP contribution in [-0.4, -0.2) is 22.6 Å². The first-order chi connectivity index (χ1) is 12.3. The molecule has 2 heterocycles. The Bertz CT molecular complexity index is 919. The van der Waals surface area contributed by atoms with Gasteiger partial charge in [0.05, 0.1) is 5.57 Å². The number of halogens is 1. The van der Waals surface area contributed by atoms with E-state index in [0.29, 0.717) is 18.4 Å². The second kappa shape index (κ2) is 5.78. The Morgan fingerprint density at radius 3 is 2.35 bits per heavy atom. The van der Waals surface area contributed by atoms with E-state index in [1.165, 1.54) is 12.1 Å². The van der Waals surface area contributed by atoms with Crippen molar-refractivity contribution in [1.29, 1.82) is 0 Å². The number of carbonyl (C=O) groups is 1. The molecule has 4 rings (SSSR count). The minimum Gasteiger partial charge on any atom is -0.508 e. The molecule has 134 valence electrons. The number of aryl methyl sites for hydroxylation is 2. The van der Waals surface area contributed by atoms with Crippen molar-refractivity contribution in [3.63, 3.8) is 0 Å². The number of carbonyl (C=O) groups excluding carboxylic acids is 1. The van der Waals surface area contributed by atoms with Gasteiger partial charge in [0.1, 0.15) is 23.3 Å². The maximum atomic E-state index is 13.2. The van der Waals surface area contributed by atoms with Gasteiger partial charge in [-0.15, -0.1) is 0 Å². The van der Waals surface area contributed by atoms with E-state index in [9.17, 15) is 14.3 Å². The van der Waals surface area contributed by atoms with Gasteiger partial charge in [-0.05, 0) is 73.6 Å². The summed E-state index contributed by atoms with van der Waals surface area (Å²) < 4.78 is 18.9. The van der Waals surface area contributed by atoms with Gasteiger partial charge in [0.2, 0.25) is 0 Å².